The minimum Gasteiger partial charge on any atom is -0.460 e. The zero-order chi connectivity index (χ0) is 8.32. The molecule has 0 amide bonds. The van der Waals surface area contributed by atoms with E-state index in [9.17, 15) is 4.79 Å². The highest BCUT2D eigenvalue weighted by molar-refractivity contribution is 5.37. The zero-order valence-corrected chi connectivity index (χ0v) is 6.49. The predicted octanol–water partition coefficient (Wildman–Crippen LogP) is 0.784. The molecule has 0 atom stereocenters. The maximum Gasteiger partial charge on any atom is 0.293 e. The van der Waals surface area contributed by atoms with E-state index in [1.165, 1.54) is 6.26 Å². The lowest BCUT2D eigenvalue weighted by Crippen LogP contribution is -2.20. The molecule has 0 spiro atoms. The van der Waals surface area contributed by atoms with Gasteiger partial charge in [0.05, 0.1) is 0 Å². The molecule has 1 aliphatic heterocycles. The van der Waals surface area contributed by atoms with Crippen LogP contribution in [0.5, 0.6) is 0 Å². The third-order valence-electron chi connectivity index (χ3n) is 1.14. The lowest BCUT2D eigenvalue weighted by molar-refractivity contribution is -0.135. The van der Waals surface area contributed by atoms with Crippen LogP contribution in [0.25, 0.3) is 0 Å². The van der Waals surface area contributed by atoms with Crippen molar-refractivity contribution in [2.24, 2.45) is 0 Å². The monoisotopic (exact) mass is 158 g/mol. The van der Waals surface area contributed by atoms with Crippen LogP contribution >= 0.6 is 0 Å². The Hall–Kier alpha value is -1.19. The van der Waals surface area contributed by atoms with Crippen molar-refractivity contribution >= 4 is 6.47 Å². The van der Waals surface area contributed by atoms with Gasteiger partial charge in [0.1, 0.15) is 6.26 Å². The van der Waals surface area contributed by atoms with Crippen LogP contribution in [-0.4, -0.2) is 18.9 Å². The number of ether oxygens (including phenoxy) is 3. The van der Waals surface area contributed by atoms with Gasteiger partial charge in [-0.2, -0.15) is 0 Å². The third-order valence-corrected chi connectivity index (χ3v) is 1.14. The smallest absolute Gasteiger partial charge is 0.293 e. The van der Waals surface area contributed by atoms with Crippen LogP contribution in [0.4, 0.5) is 0 Å². The minimum absolute atomic E-state index is 0.132. The van der Waals surface area contributed by atoms with Gasteiger partial charge < -0.3 is 14.2 Å². The van der Waals surface area contributed by atoms with E-state index in [0.717, 1.165) is 0 Å². The van der Waals surface area contributed by atoms with Gasteiger partial charge in [0.2, 0.25) is 5.79 Å². The second-order valence-corrected chi connectivity index (χ2v) is 2.61. The number of hydrogen-bond donors (Lipinski definition) is 0. The molecule has 1 aliphatic rings. The molecule has 0 unspecified atom stereocenters. The fourth-order valence-corrected chi connectivity index (χ4v) is 0.751. The molecule has 4 heteroatoms. The van der Waals surface area contributed by atoms with Gasteiger partial charge in [0, 0.05) is 13.8 Å². The Morgan fingerprint density at radius 1 is 1.73 bits per heavy atom. The summed E-state index contributed by atoms with van der Waals surface area (Å²) in [5, 5.41) is 0. The molecule has 11 heavy (non-hydrogen) atoms. The van der Waals surface area contributed by atoms with Gasteiger partial charge in [-0.05, 0) is 0 Å². The average Bonchev–Trinajstić information content (AvgIpc) is 2.26. The van der Waals surface area contributed by atoms with E-state index in [-0.39, 0.29) is 6.61 Å². The molecule has 1 heterocycles. The van der Waals surface area contributed by atoms with Crippen molar-refractivity contribution in [3.8, 4) is 0 Å². The lowest BCUT2D eigenvalue weighted by atomic mass is 10.4. The van der Waals surface area contributed by atoms with E-state index < -0.39 is 5.79 Å². The molecule has 4 nitrogen and oxygen atoms in total. The fourth-order valence-electron chi connectivity index (χ4n) is 0.751. The van der Waals surface area contributed by atoms with Crippen LogP contribution in [0.3, 0.4) is 0 Å². The summed E-state index contributed by atoms with van der Waals surface area (Å²) < 4.78 is 14.7. The summed E-state index contributed by atoms with van der Waals surface area (Å²) in [5.74, 6) is -0.0937. The zero-order valence-electron chi connectivity index (χ0n) is 6.49. The highest BCUT2D eigenvalue weighted by Gasteiger charge is 2.27. The maximum absolute atomic E-state index is 9.78. The first-order valence-electron chi connectivity index (χ1n) is 3.25. The summed E-state index contributed by atoms with van der Waals surface area (Å²) in [7, 11) is 0. The number of carbonyl (C=O) groups is 1. The van der Waals surface area contributed by atoms with E-state index >= 15 is 0 Å². The van der Waals surface area contributed by atoms with Gasteiger partial charge >= 0.3 is 0 Å². The Morgan fingerprint density at radius 2 is 2.45 bits per heavy atom. The molecule has 1 rings (SSSR count). The first kappa shape index (κ1) is 7.91. The summed E-state index contributed by atoms with van der Waals surface area (Å²) in [5.41, 5.74) is 0. The molecular weight excluding hydrogens is 148 g/mol. The van der Waals surface area contributed by atoms with Gasteiger partial charge in [-0.25, -0.2) is 0 Å². The van der Waals surface area contributed by atoms with Crippen molar-refractivity contribution in [3.05, 3.63) is 12.0 Å². The van der Waals surface area contributed by atoms with Crippen molar-refractivity contribution in [2.45, 2.75) is 19.6 Å². The van der Waals surface area contributed by atoms with E-state index in [2.05, 4.69) is 4.74 Å². The van der Waals surface area contributed by atoms with Crippen molar-refractivity contribution in [2.75, 3.05) is 6.61 Å². The molecule has 0 aromatic heterocycles. The quantitative estimate of drug-likeness (QED) is 0.569. The molecule has 0 fully saturated rings. The molecule has 0 bridgehead atoms. The molecule has 0 saturated heterocycles. The van der Waals surface area contributed by atoms with Crippen LogP contribution in [0.15, 0.2) is 12.0 Å². The van der Waals surface area contributed by atoms with Crippen LogP contribution in [0.1, 0.15) is 13.8 Å². The van der Waals surface area contributed by atoms with Crippen LogP contribution in [0.2, 0.25) is 0 Å². The first-order valence-corrected chi connectivity index (χ1v) is 3.25. The third kappa shape index (κ3) is 2.14. The van der Waals surface area contributed by atoms with Crippen molar-refractivity contribution < 1.29 is 19.0 Å². The highest BCUT2D eigenvalue weighted by Crippen LogP contribution is 2.23. The summed E-state index contributed by atoms with van der Waals surface area (Å²) in [4.78, 5) is 9.78. The van der Waals surface area contributed by atoms with Crippen molar-refractivity contribution in [1.82, 2.24) is 0 Å². The maximum atomic E-state index is 9.78. The number of carbonyl (C=O) groups excluding carboxylic acids is 1. The molecule has 0 aliphatic carbocycles. The van der Waals surface area contributed by atoms with Gasteiger partial charge in [-0.15, -0.1) is 0 Å². The number of hydrogen-bond acceptors (Lipinski definition) is 4. The molecule has 0 aromatic carbocycles. The van der Waals surface area contributed by atoms with E-state index in [1.807, 2.05) is 0 Å². The van der Waals surface area contributed by atoms with Gasteiger partial charge in [0.25, 0.3) is 6.47 Å². The summed E-state index contributed by atoms with van der Waals surface area (Å²) in [6.45, 7) is 4.05. The van der Waals surface area contributed by atoms with E-state index in [4.69, 9.17) is 9.47 Å². The average molecular weight is 158 g/mol. The second-order valence-electron chi connectivity index (χ2n) is 2.61. The van der Waals surface area contributed by atoms with Gasteiger partial charge in [-0.3, -0.25) is 4.79 Å². The van der Waals surface area contributed by atoms with Crippen LogP contribution in [-0.2, 0) is 19.0 Å². The van der Waals surface area contributed by atoms with Crippen molar-refractivity contribution in [1.29, 1.82) is 0 Å². The Balaban J connectivity index is 2.34. The Bertz CT molecular complexity index is 183. The topological polar surface area (TPSA) is 44.8 Å². The molecule has 0 N–H and O–H groups in total. The number of rotatable bonds is 3. The summed E-state index contributed by atoms with van der Waals surface area (Å²) in [6, 6.07) is 0. The largest absolute Gasteiger partial charge is 0.460 e. The summed E-state index contributed by atoms with van der Waals surface area (Å²) >= 11 is 0. The molecule has 0 aromatic rings. The van der Waals surface area contributed by atoms with Crippen molar-refractivity contribution in [3.63, 3.8) is 0 Å². The Morgan fingerprint density at radius 3 is 2.91 bits per heavy atom. The molecule has 0 saturated carbocycles. The van der Waals surface area contributed by atoms with Gasteiger partial charge in [-0.1, -0.05) is 0 Å². The molecular formula is C7H10O4. The predicted molar refractivity (Wildman–Crippen MR) is 36.3 cm³/mol. The molecule has 62 valence electrons. The van der Waals surface area contributed by atoms with Crippen LogP contribution in [0, 0.1) is 0 Å². The van der Waals surface area contributed by atoms with E-state index in [0.29, 0.717) is 12.2 Å². The SMILES string of the molecule is CC1(C)OC=C(COC=O)O1. The fraction of sp³-hybridized carbons (Fsp3) is 0.571. The van der Waals surface area contributed by atoms with Gasteiger partial charge in [0.15, 0.2) is 12.4 Å². The Kier molecular flexibility index (Phi) is 2.03. The minimum atomic E-state index is -0.623. The normalized spacial score (nSPS) is 19.6. The Labute approximate surface area is 64.7 Å². The lowest BCUT2D eigenvalue weighted by Gasteiger charge is -2.17. The highest BCUT2D eigenvalue weighted by atomic mass is 16.7. The molecule has 0 radical (unpaired) electrons. The second kappa shape index (κ2) is 2.82. The van der Waals surface area contributed by atoms with Crippen LogP contribution < -0.4 is 0 Å². The standard InChI is InChI=1S/C7H10O4/c1-7(2)10-4-6(11-7)3-9-5-8/h4-5H,3H2,1-2H3. The first-order chi connectivity index (χ1) is 5.14. The van der Waals surface area contributed by atoms with E-state index in [1.54, 1.807) is 13.8 Å². The summed E-state index contributed by atoms with van der Waals surface area (Å²) in [6.07, 6.45) is 1.45.